The van der Waals surface area contributed by atoms with Crippen LogP contribution in [0, 0.1) is 0 Å². The standard InChI is InChI=1S/C15H19NO3/c1-5-10(2)13(17)16-12-8-6-11(7-9-12)15(3,4)14(18)19/h5-9H,1-4H3,(H,16,17)(H,18,19). The fourth-order valence-corrected chi connectivity index (χ4v) is 1.45. The van der Waals surface area contributed by atoms with Gasteiger partial charge < -0.3 is 10.4 Å². The molecule has 0 aliphatic heterocycles. The van der Waals surface area contributed by atoms with Crippen LogP contribution in [0.15, 0.2) is 35.9 Å². The van der Waals surface area contributed by atoms with E-state index in [9.17, 15) is 9.59 Å². The van der Waals surface area contributed by atoms with Gasteiger partial charge in [0.1, 0.15) is 0 Å². The second-order valence-corrected chi connectivity index (χ2v) is 4.93. The van der Waals surface area contributed by atoms with Crippen molar-refractivity contribution in [3.8, 4) is 0 Å². The Hall–Kier alpha value is -2.10. The summed E-state index contributed by atoms with van der Waals surface area (Å²) in [4.78, 5) is 22.8. The predicted molar refractivity (Wildman–Crippen MR) is 75.2 cm³/mol. The third-order valence-corrected chi connectivity index (χ3v) is 3.19. The first-order valence-corrected chi connectivity index (χ1v) is 6.07. The summed E-state index contributed by atoms with van der Waals surface area (Å²) in [6.45, 7) is 6.82. The number of aliphatic carboxylic acids is 1. The van der Waals surface area contributed by atoms with Crippen LogP contribution in [0.2, 0.25) is 0 Å². The number of anilines is 1. The maximum absolute atomic E-state index is 11.7. The van der Waals surface area contributed by atoms with E-state index in [0.29, 0.717) is 16.8 Å². The van der Waals surface area contributed by atoms with Gasteiger partial charge in [-0.3, -0.25) is 9.59 Å². The molecule has 102 valence electrons. The fraction of sp³-hybridized carbons (Fsp3) is 0.333. The minimum Gasteiger partial charge on any atom is -0.481 e. The van der Waals surface area contributed by atoms with Crippen molar-refractivity contribution in [2.45, 2.75) is 33.1 Å². The van der Waals surface area contributed by atoms with Gasteiger partial charge in [-0.15, -0.1) is 0 Å². The second kappa shape index (κ2) is 5.69. The van der Waals surface area contributed by atoms with Crippen LogP contribution in [-0.2, 0) is 15.0 Å². The zero-order chi connectivity index (χ0) is 14.6. The Morgan fingerprint density at radius 1 is 1.21 bits per heavy atom. The zero-order valence-electron chi connectivity index (χ0n) is 11.7. The van der Waals surface area contributed by atoms with Crippen LogP contribution in [0.4, 0.5) is 5.69 Å². The number of rotatable bonds is 4. The third-order valence-electron chi connectivity index (χ3n) is 3.19. The van der Waals surface area contributed by atoms with Crippen molar-refractivity contribution in [1.82, 2.24) is 0 Å². The molecule has 19 heavy (non-hydrogen) atoms. The number of carboxylic acid groups (broad SMARTS) is 1. The SMILES string of the molecule is CC=C(C)C(=O)Nc1ccc(C(C)(C)C(=O)O)cc1. The number of benzene rings is 1. The van der Waals surface area contributed by atoms with Crippen LogP contribution in [0.5, 0.6) is 0 Å². The van der Waals surface area contributed by atoms with Crippen LogP contribution in [-0.4, -0.2) is 17.0 Å². The molecular formula is C15H19NO3. The molecule has 0 spiro atoms. The molecule has 0 heterocycles. The van der Waals surface area contributed by atoms with E-state index < -0.39 is 11.4 Å². The van der Waals surface area contributed by atoms with Crippen LogP contribution in [0.1, 0.15) is 33.3 Å². The van der Waals surface area contributed by atoms with E-state index in [1.54, 1.807) is 58.0 Å². The van der Waals surface area contributed by atoms with Gasteiger partial charge in [0.05, 0.1) is 5.41 Å². The summed E-state index contributed by atoms with van der Waals surface area (Å²) < 4.78 is 0. The van der Waals surface area contributed by atoms with E-state index in [0.717, 1.165) is 0 Å². The van der Waals surface area contributed by atoms with Crippen molar-refractivity contribution in [3.63, 3.8) is 0 Å². The Labute approximate surface area is 113 Å². The van der Waals surface area contributed by atoms with Crippen LogP contribution < -0.4 is 5.32 Å². The first-order valence-electron chi connectivity index (χ1n) is 6.07. The largest absolute Gasteiger partial charge is 0.481 e. The highest BCUT2D eigenvalue weighted by atomic mass is 16.4. The molecule has 4 heteroatoms. The lowest BCUT2D eigenvalue weighted by atomic mass is 9.85. The van der Waals surface area contributed by atoms with Crippen LogP contribution in [0.25, 0.3) is 0 Å². The van der Waals surface area contributed by atoms with Crippen LogP contribution >= 0.6 is 0 Å². The number of hydrogen-bond acceptors (Lipinski definition) is 2. The molecule has 1 rings (SSSR count). The molecule has 1 aromatic rings. The number of carboxylic acids is 1. The number of amides is 1. The second-order valence-electron chi connectivity index (χ2n) is 4.93. The maximum Gasteiger partial charge on any atom is 0.313 e. The quantitative estimate of drug-likeness (QED) is 0.819. The molecule has 4 nitrogen and oxygen atoms in total. The summed E-state index contributed by atoms with van der Waals surface area (Å²) in [6.07, 6.45) is 1.73. The summed E-state index contributed by atoms with van der Waals surface area (Å²) in [5, 5.41) is 11.9. The molecule has 0 unspecified atom stereocenters. The highest BCUT2D eigenvalue weighted by Gasteiger charge is 2.29. The topological polar surface area (TPSA) is 66.4 Å². The highest BCUT2D eigenvalue weighted by molar-refractivity contribution is 6.03. The van der Waals surface area contributed by atoms with Gasteiger partial charge in [-0.05, 0) is 45.4 Å². The number of carbonyl (C=O) groups excluding carboxylic acids is 1. The molecule has 1 aromatic carbocycles. The Bertz CT molecular complexity index is 513. The van der Waals surface area contributed by atoms with Crippen molar-refractivity contribution in [2.24, 2.45) is 0 Å². The molecule has 0 saturated carbocycles. The monoisotopic (exact) mass is 261 g/mol. The number of hydrogen-bond donors (Lipinski definition) is 2. The van der Waals surface area contributed by atoms with Gasteiger partial charge in [0.25, 0.3) is 5.91 Å². The number of allylic oxidation sites excluding steroid dienone is 1. The van der Waals surface area contributed by atoms with E-state index in [1.165, 1.54) is 0 Å². The predicted octanol–water partition coefficient (Wildman–Crippen LogP) is 2.95. The number of nitrogens with one attached hydrogen (secondary N) is 1. The van der Waals surface area contributed by atoms with Gasteiger partial charge in [0.2, 0.25) is 0 Å². The minimum atomic E-state index is -0.943. The highest BCUT2D eigenvalue weighted by Crippen LogP contribution is 2.24. The molecule has 0 atom stereocenters. The number of carbonyl (C=O) groups is 2. The van der Waals surface area contributed by atoms with Crippen molar-refractivity contribution >= 4 is 17.6 Å². The first kappa shape index (κ1) is 15.0. The molecule has 2 N–H and O–H groups in total. The summed E-state index contributed by atoms with van der Waals surface area (Å²) >= 11 is 0. The molecular weight excluding hydrogens is 242 g/mol. The normalized spacial score (nSPS) is 12.1. The summed E-state index contributed by atoms with van der Waals surface area (Å²) in [7, 11) is 0. The lowest BCUT2D eigenvalue weighted by Crippen LogP contribution is -2.28. The first-order chi connectivity index (χ1) is 8.78. The van der Waals surface area contributed by atoms with Crippen LogP contribution in [0.3, 0.4) is 0 Å². The molecule has 0 fully saturated rings. The lowest BCUT2D eigenvalue weighted by Gasteiger charge is -2.19. The third kappa shape index (κ3) is 3.44. The smallest absolute Gasteiger partial charge is 0.313 e. The maximum atomic E-state index is 11.7. The zero-order valence-corrected chi connectivity index (χ0v) is 11.7. The fourth-order valence-electron chi connectivity index (χ4n) is 1.45. The van der Waals surface area contributed by atoms with Gasteiger partial charge in [-0.1, -0.05) is 18.2 Å². The van der Waals surface area contributed by atoms with Crippen molar-refractivity contribution < 1.29 is 14.7 Å². The van der Waals surface area contributed by atoms with E-state index in [-0.39, 0.29) is 5.91 Å². The van der Waals surface area contributed by atoms with Gasteiger partial charge in [0.15, 0.2) is 0 Å². The molecule has 0 bridgehead atoms. The molecule has 0 saturated heterocycles. The molecule has 0 aromatic heterocycles. The average Bonchev–Trinajstić information content (AvgIpc) is 2.38. The minimum absolute atomic E-state index is 0.159. The van der Waals surface area contributed by atoms with E-state index in [4.69, 9.17) is 5.11 Å². The van der Waals surface area contributed by atoms with Gasteiger partial charge in [-0.25, -0.2) is 0 Å². The molecule has 1 amide bonds. The Balaban J connectivity index is 2.89. The van der Waals surface area contributed by atoms with E-state index in [2.05, 4.69) is 5.32 Å². The van der Waals surface area contributed by atoms with Crippen molar-refractivity contribution in [1.29, 1.82) is 0 Å². The summed E-state index contributed by atoms with van der Waals surface area (Å²) in [6, 6.07) is 6.85. The van der Waals surface area contributed by atoms with Gasteiger partial charge >= 0.3 is 5.97 Å². The Morgan fingerprint density at radius 3 is 2.16 bits per heavy atom. The van der Waals surface area contributed by atoms with Gasteiger partial charge in [-0.2, -0.15) is 0 Å². The average molecular weight is 261 g/mol. The van der Waals surface area contributed by atoms with E-state index in [1.807, 2.05) is 0 Å². The van der Waals surface area contributed by atoms with Crippen molar-refractivity contribution in [3.05, 3.63) is 41.5 Å². The summed E-state index contributed by atoms with van der Waals surface area (Å²) in [5.41, 5.74) is 1.04. The molecule has 0 radical (unpaired) electrons. The molecule has 0 aliphatic carbocycles. The Kier molecular flexibility index (Phi) is 4.48. The Morgan fingerprint density at radius 2 is 1.74 bits per heavy atom. The molecule has 0 aliphatic rings. The lowest BCUT2D eigenvalue weighted by molar-refractivity contribution is -0.142. The van der Waals surface area contributed by atoms with E-state index >= 15 is 0 Å². The summed E-state index contributed by atoms with van der Waals surface area (Å²) in [5.74, 6) is -1.04. The van der Waals surface area contributed by atoms with Gasteiger partial charge in [0, 0.05) is 11.3 Å². The van der Waals surface area contributed by atoms with Crippen molar-refractivity contribution in [2.75, 3.05) is 5.32 Å².